The molecule has 3 heterocycles. The van der Waals surface area contributed by atoms with Crippen LogP contribution >= 0.6 is 0 Å². The average Bonchev–Trinajstić information content (AvgIpc) is 2.80. The molecule has 0 aliphatic carbocycles. The van der Waals surface area contributed by atoms with E-state index < -0.39 is 0 Å². The first-order chi connectivity index (χ1) is 15.0. The molecule has 5 nitrogen and oxygen atoms in total. The molecular weight excluding hydrogens is 395 g/mol. The van der Waals surface area contributed by atoms with E-state index in [0.29, 0.717) is 30.8 Å². The first-order valence-electron chi connectivity index (χ1n) is 10.5. The van der Waals surface area contributed by atoms with Gasteiger partial charge < -0.3 is 14.2 Å². The number of hydrogen-bond acceptors (Lipinski definition) is 3. The Balaban J connectivity index is 1.43. The standard InChI is InChI=1S/C25H23FN2O3/c1-31-21-8-4-17(5-9-21)22-10-11-23-19-12-16(14-28(23)25(22)30)13-27(15-19)24(29)18-2-6-20(26)7-3-18/h2-11,16,19H,12-15H2,1H3. The molecule has 1 fully saturated rings. The maximum Gasteiger partial charge on any atom is 0.258 e. The molecule has 1 saturated heterocycles. The zero-order valence-electron chi connectivity index (χ0n) is 17.3. The lowest BCUT2D eigenvalue weighted by atomic mass is 9.82. The summed E-state index contributed by atoms with van der Waals surface area (Å²) >= 11 is 0. The quantitative estimate of drug-likeness (QED) is 0.648. The SMILES string of the molecule is COc1ccc(-c2ccc3n(c2=O)CC2CC3CN(C(=O)c3ccc(F)cc3)C2)cc1. The molecular formula is C25H23FN2O3. The fourth-order valence-corrected chi connectivity index (χ4v) is 4.88. The van der Waals surface area contributed by atoms with Gasteiger partial charge in [-0.1, -0.05) is 12.1 Å². The number of benzene rings is 2. The number of amides is 1. The molecule has 6 heteroatoms. The number of rotatable bonds is 3. The summed E-state index contributed by atoms with van der Waals surface area (Å²) in [6, 6.07) is 17.1. The second-order valence-corrected chi connectivity index (χ2v) is 8.33. The van der Waals surface area contributed by atoms with Crippen LogP contribution in [-0.2, 0) is 6.54 Å². The van der Waals surface area contributed by atoms with Crippen molar-refractivity contribution in [1.82, 2.24) is 9.47 Å². The Labute approximate surface area is 179 Å². The van der Waals surface area contributed by atoms with E-state index in [-0.39, 0.29) is 29.1 Å². The van der Waals surface area contributed by atoms with Crippen LogP contribution in [0.2, 0.25) is 0 Å². The van der Waals surface area contributed by atoms with Crippen molar-refractivity contribution >= 4 is 5.91 Å². The largest absolute Gasteiger partial charge is 0.497 e. The number of fused-ring (bicyclic) bond motifs is 4. The molecule has 2 bridgehead atoms. The minimum Gasteiger partial charge on any atom is -0.497 e. The molecule has 0 N–H and O–H groups in total. The van der Waals surface area contributed by atoms with E-state index >= 15 is 0 Å². The van der Waals surface area contributed by atoms with Crippen LogP contribution in [0.25, 0.3) is 11.1 Å². The second-order valence-electron chi connectivity index (χ2n) is 8.33. The zero-order chi connectivity index (χ0) is 21.5. The third-order valence-electron chi connectivity index (χ3n) is 6.38. The molecule has 5 rings (SSSR count). The molecule has 2 aliphatic heterocycles. The van der Waals surface area contributed by atoms with Gasteiger partial charge in [-0.05, 0) is 66.4 Å². The lowest BCUT2D eigenvalue weighted by Gasteiger charge is -2.43. The minimum atomic E-state index is -0.354. The predicted molar refractivity (Wildman–Crippen MR) is 116 cm³/mol. The average molecular weight is 418 g/mol. The summed E-state index contributed by atoms with van der Waals surface area (Å²) in [5.74, 6) is 0.657. The Morgan fingerprint density at radius 1 is 0.968 bits per heavy atom. The van der Waals surface area contributed by atoms with Gasteiger partial charge in [-0.25, -0.2) is 4.39 Å². The number of pyridine rings is 1. The molecule has 2 atom stereocenters. The summed E-state index contributed by atoms with van der Waals surface area (Å²) in [4.78, 5) is 28.1. The number of piperidine rings is 1. The maximum atomic E-state index is 13.3. The van der Waals surface area contributed by atoms with E-state index in [1.54, 1.807) is 7.11 Å². The van der Waals surface area contributed by atoms with E-state index in [1.165, 1.54) is 24.3 Å². The number of halogens is 1. The van der Waals surface area contributed by atoms with Gasteiger partial charge in [0.25, 0.3) is 11.5 Å². The topological polar surface area (TPSA) is 51.5 Å². The molecule has 158 valence electrons. The molecule has 31 heavy (non-hydrogen) atoms. The zero-order valence-corrected chi connectivity index (χ0v) is 17.3. The maximum absolute atomic E-state index is 13.3. The van der Waals surface area contributed by atoms with Crippen LogP contribution < -0.4 is 10.3 Å². The summed E-state index contributed by atoms with van der Waals surface area (Å²) in [5, 5.41) is 0. The first kappa shape index (κ1) is 19.5. The van der Waals surface area contributed by atoms with E-state index in [1.807, 2.05) is 45.9 Å². The first-order valence-corrected chi connectivity index (χ1v) is 10.5. The lowest BCUT2D eigenvalue weighted by Crippen LogP contribution is -2.49. The van der Waals surface area contributed by atoms with Crippen LogP contribution in [0, 0.1) is 11.7 Å². The number of nitrogens with zero attached hydrogens (tertiary/aromatic N) is 2. The molecule has 1 amide bonds. The predicted octanol–water partition coefficient (Wildman–Crippen LogP) is 3.92. The Hall–Kier alpha value is -3.41. The summed E-state index contributed by atoms with van der Waals surface area (Å²) in [6.07, 6.45) is 0.967. The van der Waals surface area contributed by atoms with E-state index in [2.05, 4.69) is 0 Å². The normalized spacial score (nSPS) is 19.6. The monoisotopic (exact) mass is 418 g/mol. The number of methoxy groups -OCH3 is 1. The van der Waals surface area contributed by atoms with E-state index in [0.717, 1.165) is 23.4 Å². The van der Waals surface area contributed by atoms with Crippen LogP contribution in [0.5, 0.6) is 5.75 Å². The molecule has 1 aromatic heterocycles. The van der Waals surface area contributed by atoms with Crippen LogP contribution in [0.15, 0.2) is 65.5 Å². The highest BCUT2D eigenvalue weighted by atomic mass is 19.1. The van der Waals surface area contributed by atoms with Gasteiger partial charge in [-0.3, -0.25) is 9.59 Å². The highest BCUT2D eigenvalue weighted by molar-refractivity contribution is 5.94. The molecule has 0 radical (unpaired) electrons. The van der Waals surface area contributed by atoms with E-state index in [4.69, 9.17) is 4.74 Å². The number of carbonyl (C=O) groups excluding carboxylic acids is 1. The highest BCUT2D eigenvalue weighted by Gasteiger charge is 2.37. The summed E-state index contributed by atoms with van der Waals surface area (Å²) in [6.45, 7) is 1.77. The van der Waals surface area contributed by atoms with Gasteiger partial charge >= 0.3 is 0 Å². The molecule has 2 aliphatic rings. The van der Waals surface area contributed by atoms with Crippen LogP contribution in [0.1, 0.15) is 28.4 Å². The van der Waals surface area contributed by atoms with Crippen molar-refractivity contribution < 1.29 is 13.9 Å². The fraction of sp³-hybridized carbons (Fsp3) is 0.280. The van der Waals surface area contributed by atoms with Gasteiger partial charge in [0.1, 0.15) is 11.6 Å². The van der Waals surface area contributed by atoms with Crippen molar-refractivity contribution in [3.8, 4) is 16.9 Å². The van der Waals surface area contributed by atoms with Crippen molar-refractivity contribution in [3.63, 3.8) is 0 Å². The van der Waals surface area contributed by atoms with Crippen molar-refractivity contribution in [3.05, 3.63) is 88.1 Å². The van der Waals surface area contributed by atoms with Gasteiger partial charge in [-0.2, -0.15) is 0 Å². The number of hydrogen-bond donors (Lipinski definition) is 0. The second kappa shape index (κ2) is 7.69. The van der Waals surface area contributed by atoms with Gasteiger partial charge in [0.15, 0.2) is 0 Å². The van der Waals surface area contributed by atoms with Gasteiger partial charge in [-0.15, -0.1) is 0 Å². The van der Waals surface area contributed by atoms with Crippen LogP contribution in [0.4, 0.5) is 4.39 Å². The van der Waals surface area contributed by atoms with E-state index in [9.17, 15) is 14.0 Å². The minimum absolute atomic E-state index is 0.00989. The molecule has 2 aromatic carbocycles. The molecule has 0 spiro atoms. The lowest BCUT2D eigenvalue weighted by molar-refractivity contribution is 0.0594. The van der Waals surface area contributed by atoms with Crippen molar-refractivity contribution in [2.45, 2.75) is 18.9 Å². The Morgan fingerprint density at radius 2 is 1.71 bits per heavy atom. The van der Waals surface area contributed by atoms with Crippen LogP contribution in [-0.4, -0.2) is 35.6 Å². The third kappa shape index (κ3) is 3.52. The number of likely N-dealkylation sites (tertiary alicyclic amines) is 1. The van der Waals surface area contributed by atoms with Gasteiger partial charge in [0.05, 0.1) is 7.11 Å². The number of ether oxygens (including phenoxy) is 1. The Morgan fingerprint density at radius 3 is 2.42 bits per heavy atom. The van der Waals surface area contributed by atoms with Crippen molar-refractivity contribution in [2.75, 3.05) is 20.2 Å². The summed E-state index contributed by atoms with van der Waals surface area (Å²) in [7, 11) is 1.62. The van der Waals surface area contributed by atoms with Crippen molar-refractivity contribution in [2.24, 2.45) is 5.92 Å². The number of aromatic nitrogens is 1. The van der Waals surface area contributed by atoms with Gasteiger partial charge in [0.2, 0.25) is 0 Å². The molecule has 3 aromatic rings. The highest BCUT2D eigenvalue weighted by Crippen LogP contribution is 2.36. The number of carbonyl (C=O) groups is 1. The van der Waals surface area contributed by atoms with Gasteiger partial charge in [0, 0.05) is 42.4 Å². The Kier molecular flexibility index (Phi) is 4.85. The Bertz CT molecular complexity index is 1180. The van der Waals surface area contributed by atoms with Crippen LogP contribution in [0.3, 0.4) is 0 Å². The third-order valence-corrected chi connectivity index (χ3v) is 6.38. The fourth-order valence-electron chi connectivity index (χ4n) is 4.88. The summed E-state index contributed by atoms with van der Waals surface area (Å²) < 4.78 is 20.3. The molecule has 0 saturated carbocycles. The molecule has 2 unspecified atom stereocenters. The smallest absolute Gasteiger partial charge is 0.258 e. The summed E-state index contributed by atoms with van der Waals surface area (Å²) in [5.41, 5.74) is 3.02. The van der Waals surface area contributed by atoms with Crippen molar-refractivity contribution in [1.29, 1.82) is 0 Å².